The molecule has 0 bridgehead atoms. The van der Waals surface area contributed by atoms with Gasteiger partial charge in [0.25, 0.3) is 0 Å². The molecule has 0 heterocycles. The number of benzene rings is 1. The third kappa shape index (κ3) is 1.25. The molecule has 1 aliphatic rings. The Labute approximate surface area is 66.3 Å². The Morgan fingerprint density at radius 1 is 1.45 bits per heavy atom. The maximum Gasteiger partial charge on any atom is 0.0998 e. The van der Waals surface area contributed by atoms with Crippen molar-refractivity contribution in [1.29, 1.82) is 5.26 Å². The Morgan fingerprint density at radius 2 is 2.27 bits per heavy atom. The second-order valence-electron chi connectivity index (χ2n) is 2.91. The van der Waals surface area contributed by atoms with Gasteiger partial charge in [-0.05, 0) is 30.4 Å². The predicted octanol–water partition coefficient (Wildman–Crippen LogP) is 2.24. The van der Waals surface area contributed by atoms with E-state index >= 15 is 0 Å². The van der Waals surface area contributed by atoms with Crippen molar-refractivity contribution in [1.82, 2.24) is 0 Å². The molecule has 0 aliphatic heterocycles. The van der Waals surface area contributed by atoms with Gasteiger partial charge in [-0.2, -0.15) is 5.26 Å². The van der Waals surface area contributed by atoms with E-state index in [0.717, 1.165) is 0 Å². The zero-order valence-electron chi connectivity index (χ0n) is 6.17. The van der Waals surface area contributed by atoms with Gasteiger partial charge in [-0.1, -0.05) is 12.1 Å². The van der Waals surface area contributed by atoms with Crippen molar-refractivity contribution in [2.75, 3.05) is 0 Å². The first-order valence-electron chi connectivity index (χ1n) is 3.82. The molecule has 0 unspecified atom stereocenters. The number of hydrogen-bond donors (Lipinski definition) is 0. The molecule has 0 aromatic heterocycles. The molecule has 1 nitrogen and oxygen atoms in total. The highest BCUT2D eigenvalue weighted by atomic mass is 14.3. The molecule has 0 N–H and O–H groups in total. The molecule has 2 rings (SSSR count). The maximum atomic E-state index is 8.58. The minimum absolute atomic E-state index is 0.661. The molecule has 1 radical (unpaired) electrons. The highest BCUT2D eigenvalue weighted by Gasteiger charge is 2.23. The fraction of sp³-hybridized carbons (Fsp3) is 0.300. The second-order valence-corrected chi connectivity index (χ2v) is 2.91. The van der Waals surface area contributed by atoms with E-state index in [4.69, 9.17) is 5.26 Å². The predicted molar refractivity (Wildman–Crippen MR) is 42.0 cm³/mol. The summed E-state index contributed by atoms with van der Waals surface area (Å²) in [5.74, 6) is 0.697. The summed E-state index contributed by atoms with van der Waals surface area (Å²) in [6.07, 6.45) is 2.54. The van der Waals surface area contributed by atoms with Gasteiger partial charge in [-0.15, -0.1) is 0 Å². The highest BCUT2D eigenvalue weighted by molar-refractivity contribution is 5.34. The normalized spacial score (nSPS) is 15.9. The van der Waals surface area contributed by atoms with Crippen LogP contribution >= 0.6 is 0 Å². The molecule has 53 valence electrons. The lowest BCUT2D eigenvalue weighted by Gasteiger charge is -1.94. The van der Waals surface area contributed by atoms with Crippen LogP contribution in [0.5, 0.6) is 0 Å². The van der Waals surface area contributed by atoms with Crippen molar-refractivity contribution in [3.63, 3.8) is 0 Å². The van der Waals surface area contributed by atoms with Crippen molar-refractivity contribution in [2.45, 2.75) is 18.8 Å². The lowest BCUT2D eigenvalue weighted by atomic mass is 10.1. The summed E-state index contributed by atoms with van der Waals surface area (Å²) in [5.41, 5.74) is 1.87. The fourth-order valence-corrected chi connectivity index (χ4v) is 1.18. The van der Waals surface area contributed by atoms with Gasteiger partial charge >= 0.3 is 0 Å². The average molecular weight is 142 g/mol. The third-order valence-corrected chi connectivity index (χ3v) is 1.96. The summed E-state index contributed by atoms with van der Waals surface area (Å²) in [7, 11) is 0. The van der Waals surface area contributed by atoms with Crippen LogP contribution in [0.3, 0.4) is 0 Å². The Hall–Kier alpha value is -1.29. The molecule has 1 fully saturated rings. The highest BCUT2D eigenvalue weighted by Crippen LogP contribution is 2.39. The minimum Gasteiger partial charge on any atom is -0.192 e. The Kier molecular flexibility index (Phi) is 1.40. The largest absolute Gasteiger partial charge is 0.192 e. The minimum atomic E-state index is 0.661. The van der Waals surface area contributed by atoms with Crippen LogP contribution in [0.15, 0.2) is 18.2 Å². The monoisotopic (exact) mass is 142 g/mol. The Balaban J connectivity index is 2.35. The molecular weight excluding hydrogens is 134 g/mol. The van der Waals surface area contributed by atoms with Crippen molar-refractivity contribution < 1.29 is 0 Å². The zero-order valence-corrected chi connectivity index (χ0v) is 6.17. The number of hydrogen-bond acceptors (Lipinski definition) is 1. The Bertz CT molecular complexity index is 305. The van der Waals surface area contributed by atoms with E-state index in [0.29, 0.717) is 11.5 Å². The fourth-order valence-electron chi connectivity index (χ4n) is 1.18. The van der Waals surface area contributed by atoms with Gasteiger partial charge in [0.1, 0.15) is 0 Å². The summed E-state index contributed by atoms with van der Waals surface area (Å²) in [5, 5.41) is 8.58. The van der Waals surface area contributed by atoms with Gasteiger partial charge in [-0.3, -0.25) is 0 Å². The Morgan fingerprint density at radius 3 is 2.91 bits per heavy atom. The van der Waals surface area contributed by atoms with Gasteiger partial charge in [0, 0.05) is 6.07 Å². The average Bonchev–Trinajstić information content (AvgIpc) is 2.87. The lowest BCUT2D eigenvalue weighted by Crippen LogP contribution is -1.81. The maximum absolute atomic E-state index is 8.58. The molecule has 0 atom stereocenters. The third-order valence-electron chi connectivity index (χ3n) is 1.96. The van der Waals surface area contributed by atoms with Crippen LogP contribution in [0.1, 0.15) is 29.9 Å². The van der Waals surface area contributed by atoms with Gasteiger partial charge in [0.2, 0.25) is 0 Å². The first kappa shape index (κ1) is 6.42. The molecule has 11 heavy (non-hydrogen) atoms. The number of nitriles is 1. The SMILES string of the molecule is N#Cc1[c]c(C2CC2)ccc1. The summed E-state index contributed by atoms with van der Waals surface area (Å²) >= 11 is 0. The number of rotatable bonds is 1. The molecule has 0 spiro atoms. The van der Waals surface area contributed by atoms with Crippen molar-refractivity contribution in [3.05, 3.63) is 35.4 Å². The van der Waals surface area contributed by atoms with Crippen LogP contribution in [0.25, 0.3) is 0 Å². The van der Waals surface area contributed by atoms with E-state index in [1.807, 2.05) is 6.07 Å². The molecule has 1 aromatic carbocycles. The summed E-state index contributed by atoms with van der Waals surface area (Å²) < 4.78 is 0. The molecule has 1 heteroatoms. The van der Waals surface area contributed by atoms with E-state index in [1.165, 1.54) is 18.4 Å². The molecule has 0 amide bonds. The van der Waals surface area contributed by atoms with Gasteiger partial charge in [-0.25, -0.2) is 0 Å². The number of nitrogens with zero attached hydrogens (tertiary/aromatic N) is 1. The summed E-state index contributed by atoms with van der Waals surface area (Å²) in [6.45, 7) is 0. The molecule has 1 aromatic rings. The van der Waals surface area contributed by atoms with E-state index < -0.39 is 0 Å². The van der Waals surface area contributed by atoms with Gasteiger partial charge < -0.3 is 0 Å². The zero-order chi connectivity index (χ0) is 7.68. The molecule has 1 aliphatic carbocycles. The van der Waals surface area contributed by atoms with Crippen LogP contribution in [0.4, 0.5) is 0 Å². The van der Waals surface area contributed by atoms with Crippen LogP contribution < -0.4 is 0 Å². The topological polar surface area (TPSA) is 23.8 Å². The van der Waals surface area contributed by atoms with Gasteiger partial charge in [0.05, 0.1) is 11.6 Å². The van der Waals surface area contributed by atoms with Crippen molar-refractivity contribution in [3.8, 4) is 6.07 Å². The molecular formula is C10H8N. The van der Waals surface area contributed by atoms with Gasteiger partial charge in [0.15, 0.2) is 0 Å². The summed E-state index contributed by atoms with van der Waals surface area (Å²) in [4.78, 5) is 0. The van der Waals surface area contributed by atoms with E-state index in [1.54, 1.807) is 6.07 Å². The second kappa shape index (κ2) is 2.39. The van der Waals surface area contributed by atoms with E-state index in [2.05, 4.69) is 18.2 Å². The van der Waals surface area contributed by atoms with E-state index in [-0.39, 0.29) is 0 Å². The van der Waals surface area contributed by atoms with Crippen molar-refractivity contribution in [2.24, 2.45) is 0 Å². The lowest BCUT2D eigenvalue weighted by molar-refractivity contribution is 1.12. The molecule has 1 saturated carbocycles. The van der Waals surface area contributed by atoms with Crippen LogP contribution in [-0.2, 0) is 0 Å². The molecule has 0 saturated heterocycles. The summed E-state index contributed by atoms with van der Waals surface area (Å²) in [6, 6.07) is 11.0. The van der Waals surface area contributed by atoms with Crippen LogP contribution in [-0.4, -0.2) is 0 Å². The standard InChI is InChI=1S/C10H8N/c11-7-8-2-1-3-10(6-8)9-4-5-9/h1-3,9H,4-5H2. The van der Waals surface area contributed by atoms with Crippen LogP contribution in [0, 0.1) is 17.4 Å². The first-order valence-corrected chi connectivity index (χ1v) is 3.82. The quantitative estimate of drug-likeness (QED) is 0.589. The van der Waals surface area contributed by atoms with Crippen molar-refractivity contribution >= 4 is 0 Å². The van der Waals surface area contributed by atoms with E-state index in [9.17, 15) is 0 Å². The van der Waals surface area contributed by atoms with Crippen LogP contribution in [0.2, 0.25) is 0 Å². The smallest absolute Gasteiger partial charge is 0.0998 e. The first-order chi connectivity index (χ1) is 5.40.